The molecule has 0 aliphatic carbocycles. The minimum atomic E-state index is -0.965. The molecular formula is C18H19NO5. The SMILES string of the molecule is O=[NH+]c1ccc(CC(=O)CC(Cc2ccccc2)C(=O)O)cc1.[OH-]. The van der Waals surface area contributed by atoms with Crippen LogP contribution in [-0.2, 0) is 22.4 Å². The second kappa shape index (κ2) is 9.32. The molecule has 0 fully saturated rings. The maximum atomic E-state index is 12.1. The molecule has 0 aliphatic rings. The van der Waals surface area contributed by atoms with Gasteiger partial charge in [0.25, 0.3) is 5.69 Å². The van der Waals surface area contributed by atoms with E-state index >= 15 is 0 Å². The van der Waals surface area contributed by atoms with E-state index in [0.717, 1.165) is 11.1 Å². The van der Waals surface area contributed by atoms with Gasteiger partial charge in [-0.3, -0.25) is 9.59 Å². The summed E-state index contributed by atoms with van der Waals surface area (Å²) >= 11 is 0. The van der Waals surface area contributed by atoms with Crippen LogP contribution in [0.2, 0.25) is 0 Å². The van der Waals surface area contributed by atoms with Crippen molar-refractivity contribution < 1.29 is 25.3 Å². The summed E-state index contributed by atoms with van der Waals surface area (Å²) < 4.78 is 0. The van der Waals surface area contributed by atoms with E-state index in [9.17, 15) is 19.6 Å². The number of Topliss-reactive ketones (excluding diaryl/α,β-unsaturated/α-hetero) is 1. The van der Waals surface area contributed by atoms with Gasteiger partial charge in [-0.25, -0.2) is 0 Å². The van der Waals surface area contributed by atoms with E-state index < -0.39 is 11.9 Å². The Morgan fingerprint density at radius 1 is 0.958 bits per heavy atom. The van der Waals surface area contributed by atoms with Crippen LogP contribution in [0.1, 0.15) is 17.5 Å². The lowest BCUT2D eigenvalue weighted by Crippen LogP contribution is -2.55. The smallest absolute Gasteiger partial charge is 0.307 e. The zero-order valence-corrected chi connectivity index (χ0v) is 13.0. The lowest BCUT2D eigenvalue weighted by atomic mass is 9.92. The Kier molecular flexibility index (Phi) is 7.45. The molecule has 0 aromatic heterocycles. The van der Waals surface area contributed by atoms with E-state index in [0.29, 0.717) is 12.1 Å². The number of nitrogens with one attached hydrogen (secondary N) is 1. The maximum Gasteiger partial charge on any atom is 0.307 e. The van der Waals surface area contributed by atoms with Crippen molar-refractivity contribution in [2.75, 3.05) is 0 Å². The molecule has 0 bridgehead atoms. The van der Waals surface area contributed by atoms with Crippen LogP contribution in [0.15, 0.2) is 54.6 Å². The van der Waals surface area contributed by atoms with Gasteiger partial charge < -0.3 is 10.6 Å². The van der Waals surface area contributed by atoms with Gasteiger partial charge in [0.1, 0.15) is 5.78 Å². The molecule has 2 aromatic rings. The third kappa shape index (κ3) is 5.73. The van der Waals surface area contributed by atoms with E-state index in [1.165, 1.54) is 0 Å². The van der Waals surface area contributed by atoms with E-state index in [1.54, 1.807) is 29.4 Å². The van der Waals surface area contributed by atoms with Crippen molar-refractivity contribution in [1.29, 1.82) is 0 Å². The average Bonchev–Trinajstić information content (AvgIpc) is 2.56. The first-order chi connectivity index (χ1) is 11.1. The lowest BCUT2D eigenvalue weighted by molar-refractivity contribution is -0.379. The summed E-state index contributed by atoms with van der Waals surface area (Å²) in [5.41, 5.74) is 2.09. The summed E-state index contributed by atoms with van der Waals surface area (Å²) in [6.45, 7) is 0. The summed E-state index contributed by atoms with van der Waals surface area (Å²) in [5, 5.41) is 11.1. The van der Waals surface area contributed by atoms with Gasteiger partial charge >= 0.3 is 5.97 Å². The molecular weight excluding hydrogens is 310 g/mol. The van der Waals surface area contributed by atoms with E-state index in [4.69, 9.17) is 0 Å². The van der Waals surface area contributed by atoms with Crippen LogP contribution in [0, 0.1) is 10.8 Å². The Morgan fingerprint density at radius 2 is 1.58 bits per heavy atom. The summed E-state index contributed by atoms with van der Waals surface area (Å²) in [7, 11) is 0. The highest BCUT2D eigenvalue weighted by Gasteiger charge is 2.21. The summed E-state index contributed by atoms with van der Waals surface area (Å²) in [4.78, 5) is 34.0. The molecule has 0 spiro atoms. The quantitative estimate of drug-likeness (QED) is 0.760. The Balaban J connectivity index is 0.00000288. The van der Waals surface area contributed by atoms with Crippen LogP contribution in [0.25, 0.3) is 0 Å². The number of carbonyl (C=O) groups excluding carboxylic acids is 1. The minimum absolute atomic E-state index is 0. The maximum absolute atomic E-state index is 12.1. The highest BCUT2D eigenvalue weighted by molar-refractivity contribution is 5.85. The number of hydrogen-bond donors (Lipinski definition) is 2. The molecule has 1 atom stereocenters. The number of hydrogen-bond acceptors (Lipinski definition) is 4. The first-order valence-corrected chi connectivity index (χ1v) is 7.34. The molecule has 1 unspecified atom stereocenters. The number of carboxylic acid groups (broad SMARTS) is 1. The number of benzene rings is 2. The van der Waals surface area contributed by atoms with Crippen molar-refractivity contribution in [3.8, 4) is 0 Å². The third-order valence-electron chi connectivity index (χ3n) is 3.62. The molecule has 0 heterocycles. The van der Waals surface area contributed by atoms with Gasteiger partial charge in [0, 0.05) is 35.1 Å². The van der Waals surface area contributed by atoms with Crippen molar-refractivity contribution in [3.63, 3.8) is 0 Å². The van der Waals surface area contributed by atoms with Crippen LogP contribution < -0.4 is 5.18 Å². The van der Waals surface area contributed by atoms with Crippen molar-refractivity contribution in [2.45, 2.75) is 19.3 Å². The standard InChI is InChI=1S/C18H17NO4.H2O/c20-17(11-14-6-8-16(19-23)9-7-14)12-15(18(21)22)10-13-4-2-1-3-5-13;/h1-9,15H,10-12H2,(H,21,22);1H2. The number of carbonyl (C=O) groups is 2. The Morgan fingerprint density at radius 3 is 2.12 bits per heavy atom. The second-order valence-electron chi connectivity index (χ2n) is 5.44. The molecule has 0 radical (unpaired) electrons. The minimum Gasteiger partial charge on any atom is -0.870 e. The Labute approximate surface area is 139 Å². The van der Waals surface area contributed by atoms with E-state index in [1.807, 2.05) is 30.3 Å². The van der Waals surface area contributed by atoms with Gasteiger partial charge in [-0.15, -0.1) is 0 Å². The van der Waals surface area contributed by atoms with Crippen molar-refractivity contribution in [2.24, 2.45) is 5.92 Å². The summed E-state index contributed by atoms with van der Waals surface area (Å²) in [5.74, 6) is -1.82. The molecule has 0 saturated carbocycles. The van der Waals surface area contributed by atoms with Gasteiger partial charge in [-0.2, -0.15) is 0 Å². The van der Waals surface area contributed by atoms with Crippen molar-refractivity contribution in [3.05, 3.63) is 70.6 Å². The number of aliphatic carboxylic acids is 1. The molecule has 0 amide bonds. The molecule has 6 heteroatoms. The molecule has 2 aromatic carbocycles. The van der Waals surface area contributed by atoms with Crippen LogP contribution in [0.5, 0.6) is 0 Å². The predicted octanol–water partition coefficient (Wildman–Crippen LogP) is 1.43. The Hall–Kier alpha value is -2.86. The van der Waals surface area contributed by atoms with Crippen LogP contribution >= 0.6 is 0 Å². The van der Waals surface area contributed by atoms with Gasteiger partial charge in [0.05, 0.1) is 5.92 Å². The molecule has 6 nitrogen and oxygen atoms in total. The highest BCUT2D eigenvalue weighted by atomic mass is 16.4. The largest absolute Gasteiger partial charge is 0.870 e. The molecule has 0 aliphatic heterocycles. The van der Waals surface area contributed by atoms with Crippen molar-refractivity contribution >= 4 is 17.4 Å². The van der Waals surface area contributed by atoms with Crippen LogP contribution in [0.3, 0.4) is 0 Å². The van der Waals surface area contributed by atoms with Gasteiger partial charge in [-0.05, 0) is 17.5 Å². The van der Waals surface area contributed by atoms with E-state index in [-0.39, 0.29) is 24.1 Å². The predicted molar refractivity (Wildman–Crippen MR) is 87.0 cm³/mol. The number of carboxylic acids is 1. The van der Waals surface area contributed by atoms with Crippen molar-refractivity contribution in [1.82, 2.24) is 0 Å². The zero-order valence-electron chi connectivity index (χ0n) is 13.0. The zero-order chi connectivity index (χ0) is 16.7. The van der Waals surface area contributed by atoms with Gasteiger partial charge in [0.2, 0.25) is 0 Å². The molecule has 2 rings (SSSR count). The fourth-order valence-electron chi connectivity index (χ4n) is 2.41. The van der Waals surface area contributed by atoms with Crippen LogP contribution in [-0.4, -0.2) is 22.3 Å². The monoisotopic (exact) mass is 329 g/mol. The second-order valence-corrected chi connectivity index (χ2v) is 5.44. The fourth-order valence-corrected chi connectivity index (χ4v) is 2.41. The first kappa shape index (κ1) is 19.2. The Bertz CT molecular complexity index is 682. The van der Waals surface area contributed by atoms with E-state index in [2.05, 4.69) is 0 Å². The molecule has 3 N–H and O–H groups in total. The van der Waals surface area contributed by atoms with Gasteiger partial charge in [-0.1, -0.05) is 42.5 Å². The number of ketones is 1. The number of rotatable bonds is 8. The summed E-state index contributed by atoms with van der Waals surface area (Å²) in [6, 6.07) is 15.8. The first-order valence-electron chi connectivity index (χ1n) is 7.34. The lowest BCUT2D eigenvalue weighted by Gasteiger charge is -2.11. The molecule has 24 heavy (non-hydrogen) atoms. The molecule has 126 valence electrons. The van der Waals surface area contributed by atoms with Crippen LogP contribution in [0.4, 0.5) is 5.69 Å². The third-order valence-corrected chi connectivity index (χ3v) is 3.62. The summed E-state index contributed by atoms with van der Waals surface area (Å²) in [6.07, 6.45) is 0.491. The fraction of sp³-hybridized carbons (Fsp3) is 0.222. The average molecular weight is 329 g/mol. The normalized spacial score (nSPS) is 11.2. The molecule has 0 saturated heterocycles. The van der Waals surface area contributed by atoms with Gasteiger partial charge in [0.15, 0.2) is 0 Å². The highest BCUT2D eigenvalue weighted by Crippen LogP contribution is 2.15. The number of nitroso groups, excluding NO2 is 1. The topological polar surface area (TPSA) is 115 Å².